The Hall–Kier alpha value is -3.21. The second-order valence-electron chi connectivity index (χ2n) is 6.57. The number of Topliss-reactive ketones (excluding diaryl/α,β-unsaturated/α-hetero) is 1. The number of hydrogen-bond donors (Lipinski definition) is 1. The first kappa shape index (κ1) is 16.3. The van der Waals surface area contributed by atoms with Gasteiger partial charge < -0.3 is 9.72 Å². The van der Waals surface area contributed by atoms with E-state index in [4.69, 9.17) is 4.74 Å². The van der Waals surface area contributed by atoms with Gasteiger partial charge in [-0.3, -0.25) is 4.79 Å². The Bertz CT molecular complexity index is 1060. The van der Waals surface area contributed by atoms with Crippen LogP contribution in [0.1, 0.15) is 24.6 Å². The second-order valence-corrected chi connectivity index (χ2v) is 6.57. The number of allylic oxidation sites excluding steroid dienone is 3. The van der Waals surface area contributed by atoms with Crippen molar-refractivity contribution in [3.05, 3.63) is 64.9 Å². The van der Waals surface area contributed by atoms with Gasteiger partial charge in [-0.15, -0.1) is 0 Å². The maximum absolute atomic E-state index is 12.5. The maximum atomic E-state index is 12.5. The number of aromatic nitrogens is 1. The lowest BCUT2D eigenvalue weighted by atomic mass is 9.88. The highest BCUT2D eigenvalue weighted by molar-refractivity contribution is 6.34. The monoisotopic (exact) mass is 347 g/mol. The number of carbonyl (C=O) groups is 3. The molecule has 0 amide bonds. The van der Waals surface area contributed by atoms with Crippen molar-refractivity contribution in [2.75, 3.05) is 0 Å². The van der Waals surface area contributed by atoms with Crippen LogP contribution in [0, 0.1) is 12.8 Å². The number of rotatable bonds is 3. The fourth-order valence-electron chi connectivity index (χ4n) is 3.59. The predicted molar refractivity (Wildman–Crippen MR) is 97.1 cm³/mol. The van der Waals surface area contributed by atoms with Gasteiger partial charge in [-0.25, -0.2) is 9.59 Å². The lowest BCUT2D eigenvalue weighted by Crippen LogP contribution is -2.11. The van der Waals surface area contributed by atoms with E-state index in [1.807, 2.05) is 37.3 Å². The molecule has 0 saturated carbocycles. The molecule has 26 heavy (non-hydrogen) atoms. The first-order valence-electron chi connectivity index (χ1n) is 8.45. The van der Waals surface area contributed by atoms with Gasteiger partial charge in [-0.1, -0.05) is 36.4 Å². The number of cyclic esters (lactones) is 2. The van der Waals surface area contributed by atoms with Crippen molar-refractivity contribution >= 4 is 34.2 Å². The summed E-state index contributed by atoms with van der Waals surface area (Å²) in [4.78, 5) is 39.7. The average Bonchev–Trinajstić information content (AvgIpc) is 3.09. The quantitative estimate of drug-likeness (QED) is 0.682. The van der Waals surface area contributed by atoms with Gasteiger partial charge in [-0.2, -0.15) is 0 Å². The van der Waals surface area contributed by atoms with Crippen LogP contribution in [0.3, 0.4) is 0 Å². The highest BCUT2D eigenvalue weighted by atomic mass is 16.6. The van der Waals surface area contributed by atoms with Gasteiger partial charge >= 0.3 is 11.9 Å². The minimum atomic E-state index is -0.646. The second kappa shape index (κ2) is 5.95. The zero-order valence-corrected chi connectivity index (χ0v) is 14.5. The SMILES string of the molecule is CC(=O)C1C=CC(C2=C(c3c(C)[nH]c4ccccc34)C(=O)OC2=O)=CC1. The topological polar surface area (TPSA) is 76.2 Å². The fraction of sp³-hybridized carbons (Fsp3) is 0.190. The Labute approximate surface area is 150 Å². The summed E-state index contributed by atoms with van der Waals surface area (Å²) in [5.41, 5.74) is 3.55. The normalized spacial score (nSPS) is 19.9. The van der Waals surface area contributed by atoms with Crippen LogP contribution in [-0.2, 0) is 19.1 Å². The molecule has 1 N–H and O–H groups in total. The number of esters is 2. The molecule has 1 unspecified atom stereocenters. The first-order valence-corrected chi connectivity index (χ1v) is 8.45. The third-order valence-electron chi connectivity index (χ3n) is 4.90. The minimum absolute atomic E-state index is 0.0725. The van der Waals surface area contributed by atoms with Crippen LogP contribution < -0.4 is 0 Å². The number of fused-ring (bicyclic) bond motifs is 1. The first-order chi connectivity index (χ1) is 12.5. The minimum Gasteiger partial charge on any atom is -0.386 e. The van der Waals surface area contributed by atoms with Gasteiger partial charge in [0.2, 0.25) is 0 Å². The highest BCUT2D eigenvalue weighted by Gasteiger charge is 2.37. The van der Waals surface area contributed by atoms with Crippen LogP contribution in [-0.4, -0.2) is 22.7 Å². The Balaban J connectivity index is 1.91. The van der Waals surface area contributed by atoms with Crippen molar-refractivity contribution in [1.29, 1.82) is 0 Å². The molecule has 0 spiro atoms. The van der Waals surface area contributed by atoms with Crippen molar-refractivity contribution in [2.45, 2.75) is 20.3 Å². The summed E-state index contributed by atoms with van der Waals surface area (Å²) >= 11 is 0. The zero-order valence-electron chi connectivity index (χ0n) is 14.5. The molecular weight excluding hydrogens is 330 g/mol. The molecular formula is C21H17NO4. The van der Waals surface area contributed by atoms with Crippen LogP contribution in [0.25, 0.3) is 16.5 Å². The number of carbonyl (C=O) groups excluding carboxylic acids is 3. The van der Waals surface area contributed by atoms with Crippen LogP contribution in [0.2, 0.25) is 0 Å². The Kier molecular flexibility index (Phi) is 3.72. The van der Waals surface area contributed by atoms with E-state index >= 15 is 0 Å². The van der Waals surface area contributed by atoms with Gasteiger partial charge in [0.25, 0.3) is 0 Å². The number of ketones is 1. The van der Waals surface area contributed by atoms with Gasteiger partial charge in [-0.05, 0) is 31.9 Å². The van der Waals surface area contributed by atoms with Gasteiger partial charge in [0, 0.05) is 28.1 Å². The Morgan fingerprint density at radius 3 is 2.58 bits per heavy atom. The van der Waals surface area contributed by atoms with Crippen LogP contribution in [0.4, 0.5) is 0 Å². The van der Waals surface area contributed by atoms with Crippen molar-refractivity contribution < 1.29 is 19.1 Å². The Morgan fingerprint density at radius 1 is 1.15 bits per heavy atom. The molecule has 5 nitrogen and oxygen atoms in total. The predicted octanol–water partition coefficient (Wildman–Crippen LogP) is 3.40. The number of para-hydroxylation sites is 1. The molecule has 4 rings (SSSR count). The van der Waals surface area contributed by atoms with Gasteiger partial charge in [0.1, 0.15) is 5.78 Å². The third-order valence-corrected chi connectivity index (χ3v) is 4.90. The molecule has 1 aliphatic carbocycles. The molecule has 130 valence electrons. The zero-order chi connectivity index (χ0) is 18.4. The van der Waals surface area contributed by atoms with Crippen LogP contribution in [0.5, 0.6) is 0 Å². The van der Waals surface area contributed by atoms with Crippen molar-refractivity contribution in [3.8, 4) is 0 Å². The summed E-state index contributed by atoms with van der Waals surface area (Å²) < 4.78 is 4.93. The van der Waals surface area contributed by atoms with Gasteiger partial charge in [0.15, 0.2) is 0 Å². The average molecular weight is 347 g/mol. The molecule has 2 aromatic rings. The Morgan fingerprint density at radius 2 is 1.88 bits per heavy atom. The van der Waals surface area contributed by atoms with E-state index in [1.165, 1.54) is 0 Å². The largest absolute Gasteiger partial charge is 0.386 e. The summed E-state index contributed by atoms with van der Waals surface area (Å²) in [6.07, 6.45) is 5.84. The third kappa shape index (κ3) is 2.44. The lowest BCUT2D eigenvalue weighted by Gasteiger charge is -2.13. The summed E-state index contributed by atoms with van der Waals surface area (Å²) in [5.74, 6) is -1.40. The lowest BCUT2D eigenvalue weighted by molar-refractivity contribution is -0.150. The van der Waals surface area contributed by atoms with E-state index in [2.05, 4.69) is 4.98 Å². The number of H-pyrrole nitrogens is 1. The summed E-state index contributed by atoms with van der Waals surface area (Å²) in [5, 5.41) is 0.867. The van der Waals surface area contributed by atoms with E-state index in [9.17, 15) is 14.4 Å². The van der Waals surface area contributed by atoms with E-state index in [0.29, 0.717) is 17.6 Å². The van der Waals surface area contributed by atoms with Crippen LogP contribution in [0.15, 0.2) is 53.6 Å². The molecule has 0 radical (unpaired) electrons. The van der Waals surface area contributed by atoms with Crippen molar-refractivity contribution in [1.82, 2.24) is 4.98 Å². The molecule has 0 saturated heterocycles. The molecule has 0 fully saturated rings. The number of benzene rings is 1. The number of aromatic amines is 1. The number of ether oxygens (including phenoxy) is 1. The summed E-state index contributed by atoms with van der Waals surface area (Å²) in [7, 11) is 0. The van der Waals surface area contributed by atoms with E-state index in [0.717, 1.165) is 16.6 Å². The standard InChI is InChI=1S/C21H17NO4/c1-11-17(15-5-3-4-6-16(15)22-11)19-18(20(24)26-21(19)25)14-9-7-13(8-10-14)12(2)23/h3-7,9-10,13,22H,8H2,1-2H3. The fourth-order valence-corrected chi connectivity index (χ4v) is 3.59. The van der Waals surface area contributed by atoms with E-state index < -0.39 is 11.9 Å². The number of nitrogens with one attached hydrogen (secondary N) is 1. The highest BCUT2D eigenvalue weighted by Crippen LogP contribution is 2.38. The molecule has 0 bridgehead atoms. The van der Waals surface area contributed by atoms with E-state index in [-0.39, 0.29) is 22.8 Å². The molecule has 2 heterocycles. The summed E-state index contributed by atoms with van der Waals surface area (Å²) in [6.45, 7) is 3.41. The molecule has 2 aliphatic rings. The molecule has 5 heteroatoms. The molecule has 1 aliphatic heterocycles. The molecule has 1 atom stereocenters. The number of aryl methyl sites for hydroxylation is 1. The molecule has 1 aromatic carbocycles. The van der Waals surface area contributed by atoms with Crippen molar-refractivity contribution in [2.24, 2.45) is 5.92 Å². The van der Waals surface area contributed by atoms with E-state index in [1.54, 1.807) is 19.1 Å². The maximum Gasteiger partial charge on any atom is 0.347 e. The summed E-state index contributed by atoms with van der Waals surface area (Å²) in [6, 6.07) is 7.62. The van der Waals surface area contributed by atoms with Crippen molar-refractivity contribution in [3.63, 3.8) is 0 Å². The number of hydrogen-bond acceptors (Lipinski definition) is 4. The van der Waals surface area contributed by atoms with Crippen LogP contribution >= 0.6 is 0 Å². The smallest absolute Gasteiger partial charge is 0.347 e. The molecule has 1 aromatic heterocycles. The van der Waals surface area contributed by atoms with Gasteiger partial charge in [0.05, 0.1) is 11.1 Å².